The van der Waals surface area contributed by atoms with Crippen molar-refractivity contribution in [1.29, 1.82) is 0 Å². The summed E-state index contributed by atoms with van der Waals surface area (Å²) < 4.78 is 18.3. The van der Waals surface area contributed by atoms with Gasteiger partial charge in [0.15, 0.2) is 5.69 Å². The maximum Gasteiger partial charge on any atom is 0.276 e. The van der Waals surface area contributed by atoms with Gasteiger partial charge in [0, 0.05) is 18.7 Å². The summed E-state index contributed by atoms with van der Waals surface area (Å²) >= 11 is 0. The molecule has 2 rings (SSSR count). The summed E-state index contributed by atoms with van der Waals surface area (Å²) in [4.78, 5) is 30.1. The van der Waals surface area contributed by atoms with Crippen molar-refractivity contribution in [2.45, 2.75) is 27.3 Å². The molecule has 1 aromatic heterocycles. The number of hydrogen-bond donors (Lipinski definition) is 1. The second kappa shape index (κ2) is 7.72. The van der Waals surface area contributed by atoms with Gasteiger partial charge >= 0.3 is 0 Å². The molecule has 0 radical (unpaired) electrons. The first-order valence-electron chi connectivity index (χ1n) is 7.75. The molecule has 24 heavy (non-hydrogen) atoms. The van der Waals surface area contributed by atoms with E-state index < -0.39 is 5.82 Å². The normalized spacial score (nSPS) is 10.5. The van der Waals surface area contributed by atoms with E-state index in [2.05, 4.69) is 10.3 Å². The number of amides is 2. The molecule has 0 saturated carbocycles. The number of carbonyl (C=O) groups excluding carboxylic acids is 2. The average molecular weight is 333 g/mol. The summed E-state index contributed by atoms with van der Waals surface area (Å²) in [5.41, 5.74) is 0.587. The molecule has 6 nitrogen and oxygen atoms in total. The van der Waals surface area contributed by atoms with Gasteiger partial charge in [-0.15, -0.1) is 0 Å². The standard InChI is InChI=1S/C17H20FN3O3/c1-4-21(5-2)17(23)15-11(3)24-14(20-15)10-19-16(22)12-6-8-13(18)9-7-12/h6-9H,4-5,10H2,1-3H3,(H,19,22). The zero-order valence-corrected chi connectivity index (χ0v) is 13.9. The Hall–Kier alpha value is -2.70. The molecule has 1 N–H and O–H groups in total. The fraction of sp³-hybridized carbons (Fsp3) is 0.353. The largest absolute Gasteiger partial charge is 0.443 e. The summed E-state index contributed by atoms with van der Waals surface area (Å²) in [5.74, 6) is -0.314. The summed E-state index contributed by atoms with van der Waals surface area (Å²) in [6, 6.07) is 5.21. The smallest absolute Gasteiger partial charge is 0.276 e. The zero-order chi connectivity index (χ0) is 17.7. The zero-order valence-electron chi connectivity index (χ0n) is 13.9. The number of halogens is 1. The van der Waals surface area contributed by atoms with E-state index in [-0.39, 0.29) is 29.9 Å². The number of rotatable bonds is 6. The highest BCUT2D eigenvalue weighted by molar-refractivity contribution is 5.94. The highest BCUT2D eigenvalue weighted by Crippen LogP contribution is 2.13. The van der Waals surface area contributed by atoms with Crippen LogP contribution in [0.25, 0.3) is 0 Å². The minimum Gasteiger partial charge on any atom is -0.443 e. The molecular formula is C17H20FN3O3. The summed E-state index contributed by atoms with van der Waals surface area (Å²) in [7, 11) is 0. The Labute approximate surface area is 139 Å². The minimum atomic E-state index is -0.408. The number of carbonyl (C=O) groups is 2. The molecule has 128 valence electrons. The van der Waals surface area contributed by atoms with E-state index in [4.69, 9.17) is 4.42 Å². The van der Waals surface area contributed by atoms with Crippen LogP contribution < -0.4 is 5.32 Å². The van der Waals surface area contributed by atoms with Crippen LogP contribution in [-0.4, -0.2) is 34.8 Å². The first-order chi connectivity index (χ1) is 11.5. The lowest BCUT2D eigenvalue weighted by atomic mass is 10.2. The molecule has 7 heteroatoms. The Morgan fingerprint density at radius 3 is 2.42 bits per heavy atom. The van der Waals surface area contributed by atoms with Gasteiger partial charge in [-0.05, 0) is 45.0 Å². The van der Waals surface area contributed by atoms with Gasteiger partial charge in [-0.25, -0.2) is 9.37 Å². The molecule has 0 aliphatic rings. The third-order valence-corrected chi connectivity index (χ3v) is 3.60. The van der Waals surface area contributed by atoms with E-state index in [1.807, 2.05) is 13.8 Å². The Morgan fingerprint density at radius 2 is 1.83 bits per heavy atom. The van der Waals surface area contributed by atoms with Crippen LogP contribution in [0.5, 0.6) is 0 Å². The Kier molecular flexibility index (Phi) is 5.68. The van der Waals surface area contributed by atoms with E-state index in [1.54, 1.807) is 11.8 Å². The van der Waals surface area contributed by atoms with Gasteiger partial charge in [0.05, 0.1) is 6.54 Å². The van der Waals surface area contributed by atoms with Crippen molar-refractivity contribution in [3.8, 4) is 0 Å². The number of benzene rings is 1. The second-order valence-corrected chi connectivity index (χ2v) is 5.18. The first kappa shape index (κ1) is 17.7. The highest BCUT2D eigenvalue weighted by atomic mass is 19.1. The van der Waals surface area contributed by atoms with Gasteiger partial charge < -0.3 is 14.6 Å². The van der Waals surface area contributed by atoms with Gasteiger partial charge in [-0.3, -0.25) is 9.59 Å². The molecule has 0 aliphatic heterocycles. The second-order valence-electron chi connectivity index (χ2n) is 5.18. The minimum absolute atomic E-state index is 0.0442. The Balaban J connectivity index is 2.03. The van der Waals surface area contributed by atoms with E-state index in [0.717, 1.165) is 0 Å². The number of aromatic nitrogens is 1. The lowest BCUT2D eigenvalue weighted by Crippen LogP contribution is -2.31. The van der Waals surface area contributed by atoms with Crippen molar-refractivity contribution in [3.63, 3.8) is 0 Å². The van der Waals surface area contributed by atoms with Crippen LogP contribution in [0.2, 0.25) is 0 Å². The number of nitrogens with zero attached hydrogens (tertiary/aromatic N) is 2. The third kappa shape index (κ3) is 3.98. The topological polar surface area (TPSA) is 75.4 Å². The van der Waals surface area contributed by atoms with Gasteiger partial charge in [0.2, 0.25) is 5.89 Å². The van der Waals surface area contributed by atoms with E-state index >= 15 is 0 Å². The van der Waals surface area contributed by atoms with Gasteiger partial charge in [-0.2, -0.15) is 0 Å². The van der Waals surface area contributed by atoms with Gasteiger partial charge in [-0.1, -0.05) is 0 Å². The van der Waals surface area contributed by atoms with Crippen LogP contribution in [0.3, 0.4) is 0 Å². The number of oxazole rings is 1. The van der Waals surface area contributed by atoms with Gasteiger partial charge in [0.25, 0.3) is 11.8 Å². The van der Waals surface area contributed by atoms with Crippen molar-refractivity contribution in [1.82, 2.24) is 15.2 Å². The fourth-order valence-corrected chi connectivity index (χ4v) is 2.25. The lowest BCUT2D eigenvalue weighted by molar-refractivity contribution is 0.0766. The maximum atomic E-state index is 12.9. The monoisotopic (exact) mass is 333 g/mol. The van der Waals surface area contributed by atoms with Crippen molar-refractivity contribution in [2.75, 3.05) is 13.1 Å². The van der Waals surface area contributed by atoms with Crippen molar-refractivity contribution in [2.24, 2.45) is 0 Å². The molecule has 2 aromatic rings. The molecule has 2 amide bonds. The van der Waals surface area contributed by atoms with E-state index in [0.29, 0.717) is 24.4 Å². The molecule has 0 spiro atoms. The average Bonchev–Trinajstić information content (AvgIpc) is 2.95. The van der Waals surface area contributed by atoms with Crippen LogP contribution in [0, 0.1) is 12.7 Å². The van der Waals surface area contributed by atoms with Crippen LogP contribution in [0.4, 0.5) is 4.39 Å². The van der Waals surface area contributed by atoms with Crippen LogP contribution in [0.15, 0.2) is 28.7 Å². The highest BCUT2D eigenvalue weighted by Gasteiger charge is 2.21. The number of hydrogen-bond acceptors (Lipinski definition) is 4. The van der Waals surface area contributed by atoms with Crippen LogP contribution in [-0.2, 0) is 6.54 Å². The third-order valence-electron chi connectivity index (χ3n) is 3.60. The van der Waals surface area contributed by atoms with Crippen LogP contribution >= 0.6 is 0 Å². The molecule has 0 fully saturated rings. The lowest BCUT2D eigenvalue weighted by Gasteiger charge is -2.16. The van der Waals surface area contributed by atoms with E-state index in [9.17, 15) is 14.0 Å². The van der Waals surface area contributed by atoms with Gasteiger partial charge in [0.1, 0.15) is 11.6 Å². The predicted molar refractivity (Wildman–Crippen MR) is 86.1 cm³/mol. The van der Waals surface area contributed by atoms with Crippen molar-refractivity contribution in [3.05, 3.63) is 53.0 Å². The SMILES string of the molecule is CCN(CC)C(=O)c1nc(CNC(=O)c2ccc(F)cc2)oc1C. The summed E-state index contributed by atoms with van der Waals surface area (Å²) in [6.45, 7) is 6.65. The molecule has 0 bridgehead atoms. The predicted octanol–water partition coefficient (Wildman–Crippen LogP) is 2.53. The van der Waals surface area contributed by atoms with Crippen molar-refractivity contribution < 1.29 is 18.4 Å². The molecule has 0 aliphatic carbocycles. The Bertz CT molecular complexity index is 721. The van der Waals surface area contributed by atoms with Crippen LogP contribution in [0.1, 0.15) is 46.3 Å². The molecule has 0 saturated heterocycles. The quantitative estimate of drug-likeness (QED) is 0.881. The fourth-order valence-electron chi connectivity index (χ4n) is 2.25. The summed E-state index contributed by atoms with van der Waals surface area (Å²) in [5, 5.41) is 2.63. The summed E-state index contributed by atoms with van der Waals surface area (Å²) in [6.07, 6.45) is 0. The Morgan fingerprint density at radius 1 is 1.21 bits per heavy atom. The maximum absolute atomic E-state index is 12.9. The van der Waals surface area contributed by atoms with Crippen molar-refractivity contribution >= 4 is 11.8 Å². The van der Waals surface area contributed by atoms with E-state index in [1.165, 1.54) is 24.3 Å². The number of aryl methyl sites for hydroxylation is 1. The molecule has 0 unspecified atom stereocenters. The molecule has 1 heterocycles. The first-order valence-corrected chi connectivity index (χ1v) is 7.75. The molecule has 0 atom stereocenters. The molecular weight excluding hydrogens is 313 g/mol. The number of nitrogens with one attached hydrogen (secondary N) is 1. The molecule has 1 aromatic carbocycles.